The highest BCUT2D eigenvalue weighted by Gasteiger charge is 2.19. The molecule has 0 heterocycles. The van der Waals surface area contributed by atoms with Crippen molar-refractivity contribution in [2.45, 2.75) is 6.42 Å². The molecule has 3 rings (SSSR count). The minimum Gasteiger partial charge on any atom is -0.455 e. The quantitative estimate of drug-likeness (QED) is 0.599. The fourth-order valence-electron chi connectivity index (χ4n) is 2.72. The van der Waals surface area contributed by atoms with E-state index in [4.69, 9.17) is 4.74 Å². The highest BCUT2D eigenvalue weighted by atomic mass is 19.1. The maximum Gasteiger partial charge on any atom is 0.258 e. The van der Waals surface area contributed by atoms with Crippen molar-refractivity contribution in [3.63, 3.8) is 0 Å². The molecule has 0 aliphatic rings. The Morgan fingerprint density at radius 1 is 0.846 bits per heavy atom. The third kappa shape index (κ3) is 4.48. The first-order chi connectivity index (χ1) is 12.8. The highest BCUT2D eigenvalue weighted by Crippen LogP contribution is 2.32. The Labute approximate surface area is 152 Å². The molecule has 0 aliphatic heterocycles. The zero-order chi connectivity index (χ0) is 18.2. The summed E-state index contributed by atoms with van der Waals surface area (Å²) in [6, 6.07) is 26.3. The summed E-state index contributed by atoms with van der Waals surface area (Å²) in [7, 11) is 0. The molecule has 0 saturated carbocycles. The summed E-state index contributed by atoms with van der Waals surface area (Å²) in [6.45, 7) is -0.670. The SMILES string of the molecule is O=C(CF)N(CCc1ccccc1)c1ccccc1Oc1ccccc1. The Hall–Kier alpha value is -3.14. The highest BCUT2D eigenvalue weighted by molar-refractivity contribution is 5.95. The zero-order valence-corrected chi connectivity index (χ0v) is 14.3. The van der Waals surface area contributed by atoms with Crippen LogP contribution >= 0.6 is 0 Å². The summed E-state index contributed by atoms with van der Waals surface area (Å²) in [5.74, 6) is 0.606. The van der Waals surface area contributed by atoms with Gasteiger partial charge >= 0.3 is 0 Å². The van der Waals surface area contributed by atoms with Gasteiger partial charge in [-0.25, -0.2) is 4.39 Å². The lowest BCUT2D eigenvalue weighted by Crippen LogP contribution is -2.34. The second-order valence-electron chi connectivity index (χ2n) is 5.80. The molecular formula is C22H20FNO2. The van der Waals surface area contributed by atoms with Gasteiger partial charge in [-0.15, -0.1) is 0 Å². The Morgan fingerprint density at radius 3 is 2.15 bits per heavy atom. The summed E-state index contributed by atoms with van der Waals surface area (Å²) < 4.78 is 19.1. The van der Waals surface area contributed by atoms with Crippen LogP contribution in [0.2, 0.25) is 0 Å². The normalized spacial score (nSPS) is 10.3. The molecule has 3 aromatic rings. The van der Waals surface area contributed by atoms with Crippen LogP contribution in [0.25, 0.3) is 0 Å². The molecule has 0 N–H and O–H groups in total. The lowest BCUT2D eigenvalue weighted by molar-refractivity contribution is -0.119. The van der Waals surface area contributed by atoms with Gasteiger partial charge in [0, 0.05) is 6.54 Å². The Balaban J connectivity index is 1.85. The topological polar surface area (TPSA) is 29.5 Å². The van der Waals surface area contributed by atoms with Crippen molar-refractivity contribution < 1.29 is 13.9 Å². The third-order valence-corrected chi connectivity index (χ3v) is 4.01. The number of alkyl halides is 1. The van der Waals surface area contributed by atoms with Gasteiger partial charge in [0.1, 0.15) is 5.75 Å². The van der Waals surface area contributed by atoms with E-state index in [0.29, 0.717) is 30.2 Å². The molecule has 132 valence electrons. The van der Waals surface area contributed by atoms with Gasteiger partial charge in [-0.1, -0.05) is 60.7 Å². The average Bonchev–Trinajstić information content (AvgIpc) is 2.70. The number of benzene rings is 3. The molecule has 0 unspecified atom stereocenters. The Morgan fingerprint density at radius 2 is 1.46 bits per heavy atom. The van der Waals surface area contributed by atoms with Crippen LogP contribution in [0.15, 0.2) is 84.9 Å². The van der Waals surface area contributed by atoms with Gasteiger partial charge in [0.25, 0.3) is 5.91 Å². The smallest absolute Gasteiger partial charge is 0.258 e. The Bertz CT molecular complexity index is 837. The predicted molar refractivity (Wildman–Crippen MR) is 101 cm³/mol. The number of nitrogens with zero attached hydrogens (tertiary/aromatic N) is 1. The maximum atomic E-state index is 13.2. The number of halogens is 1. The van der Waals surface area contributed by atoms with Crippen LogP contribution in [-0.4, -0.2) is 19.1 Å². The minimum absolute atomic E-state index is 0.377. The van der Waals surface area contributed by atoms with Gasteiger partial charge in [0.2, 0.25) is 0 Å². The van der Waals surface area contributed by atoms with E-state index in [1.807, 2.05) is 72.8 Å². The fraction of sp³-hybridized carbons (Fsp3) is 0.136. The number of hydrogen-bond acceptors (Lipinski definition) is 2. The molecule has 3 nitrogen and oxygen atoms in total. The fourth-order valence-corrected chi connectivity index (χ4v) is 2.72. The van der Waals surface area contributed by atoms with Crippen molar-refractivity contribution in [1.29, 1.82) is 0 Å². The molecule has 0 aromatic heterocycles. The van der Waals surface area contributed by atoms with Crippen molar-refractivity contribution in [1.82, 2.24) is 0 Å². The zero-order valence-electron chi connectivity index (χ0n) is 14.3. The van der Waals surface area contributed by atoms with Gasteiger partial charge in [0.15, 0.2) is 12.4 Å². The lowest BCUT2D eigenvalue weighted by Gasteiger charge is -2.24. The van der Waals surface area contributed by atoms with Gasteiger partial charge in [-0.3, -0.25) is 4.79 Å². The average molecular weight is 349 g/mol. The first-order valence-corrected chi connectivity index (χ1v) is 8.50. The number of carbonyl (C=O) groups excluding carboxylic acids is 1. The summed E-state index contributed by atoms with van der Waals surface area (Å²) in [4.78, 5) is 13.7. The number of rotatable bonds is 7. The first-order valence-electron chi connectivity index (χ1n) is 8.50. The molecular weight excluding hydrogens is 329 g/mol. The number of hydrogen-bond donors (Lipinski definition) is 0. The molecule has 0 radical (unpaired) electrons. The predicted octanol–water partition coefficient (Wildman–Crippen LogP) is 5.02. The largest absolute Gasteiger partial charge is 0.455 e. The molecule has 0 fully saturated rings. The van der Waals surface area contributed by atoms with E-state index < -0.39 is 12.6 Å². The summed E-state index contributed by atoms with van der Waals surface area (Å²) >= 11 is 0. The van der Waals surface area contributed by atoms with Gasteiger partial charge in [-0.05, 0) is 36.2 Å². The monoisotopic (exact) mass is 349 g/mol. The van der Waals surface area contributed by atoms with Crippen molar-refractivity contribution in [3.8, 4) is 11.5 Å². The van der Waals surface area contributed by atoms with Crippen LogP contribution in [0.4, 0.5) is 10.1 Å². The summed E-state index contributed by atoms with van der Waals surface area (Å²) in [5, 5.41) is 0. The molecule has 0 spiro atoms. The number of carbonyl (C=O) groups is 1. The first kappa shape index (κ1) is 17.7. The van der Waals surface area contributed by atoms with Gasteiger partial charge in [-0.2, -0.15) is 0 Å². The van der Waals surface area contributed by atoms with Crippen LogP contribution in [0.5, 0.6) is 11.5 Å². The molecule has 4 heteroatoms. The molecule has 0 saturated heterocycles. The van der Waals surface area contributed by atoms with E-state index in [0.717, 1.165) is 5.56 Å². The molecule has 26 heavy (non-hydrogen) atoms. The number of amides is 1. The van der Waals surface area contributed by atoms with E-state index in [1.54, 1.807) is 12.1 Å². The molecule has 0 aliphatic carbocycles. The summed E-state index contributed by atoms with van der Waals surface area (Å²) in [6.07, 6.45) is 0.631. The van der Waals surface area contributed by atoms with Gasteiger partial charge in [0.05, 0.1) is 5.69 Å². The summed E-state index contributed by atoms with van der Waals surface area (Å²) in [5.41, 5.74) is 1.65. The second-order valence-corrected chi connectivity index (χ2v) is 5.80. The Kier molecular flexibility index (Phi) is 5.99. The number of ether oxygens (including phenoxy) is 1. The van der Waals surface area contributed by atoms with Crippen LogP contribution in [0.1, 0.15) is 5.56 Å². The van der Waals surface area contributed by atoms with Crippen LogP contribution in [0.3, 0.4) is 0 Å². The molecule has 1 amide bonds. The second kappa shape index (κ2) is 8.81. The molecule has 0 bridgehead atoms. The maximum absolute atomic E-state index is 13.2. The van der Waals surface area contributed by atoms with E-state index in [2.05, 4.69) is 0 Å². The van der Waals surface area contributed by atoms with E-state index in [9.17, 15) is 9.18 Å². The van der Waals surface area contributed by atoms with Crippen molar-refractivity contribution in [2.75, 3.05) is 18.1 Å². The third-order valence-electron chi connectivity index (χ3n) is 4.01. The molecule has 0 atom stereocenters. The van der Waals surface area contributed by atoms with Crippen molar-refractivity contribution in [3.05, 3.63) is 90.5 Å². The van der Waals surface area contributed by atoms with Crippen LogP contribution in [0, 0.1) is 0 Å². The van der Waals surface area contributed by atoms with Crippen molar-refractivity contribution >= 4 is 11.6 Å². The van der Waals surface area contributed by atoms with Crippen LogP contribution in [-0.2, 0) is 11.2 Å². The number of anilines is 1. The standard InChI is InChI=1S/C22H20FNO2/c23-17-22(25)24(16-15-18-9-3-1-4-10-18)20-13-7-8-14-21(20)26-19-11-5-2-6-12-19/h1-14H,15-17H2. The lowest BCUT2D eigenvalue weighted by atomic mass is 10.1. The van der Waals surface area contributed by atoms with Gasteiger partial charge < -0.3 is 9.64 Å². The van der Waals surface area contributed by atoms with Crippen LogP contribution < -0.4 is 9.64 Å². The van der Waals surface area contributed by atoms with E-state index in [-0.39, 0.29) is 0 Å². The number of para-hydroxylation sites is 3. The van der Waals surface area contributed by atoms with E-state index in [1.165, 1.54) is 4.90 Å². The molecule has 3 aromatic carbocycles. The minimum atomic E-state index is -1.05. The van der Waals surface area contributed by atoms with E-state index >= 15 is 0 Å². The van der Waals surface area contributed by atoms with Crippen molar-refractivity contribution in [2.24, 2.45) is 0 Å².